The Morgan fingerprint density at radius 1 is 1.38 bits per heavy atom. The van der Waals surface area contributed by atoms with Crippen molar-refractivity contribution in [3.8, 4) is 0 Å². The van der Waals surface area contributed by atoms with Crippen LogP contribution in [0, 0.1) is 0 Å². The lowest BCUT2D eigenvalue weighted by atomic mass is 10.1. The molecule has 0 atom stereocenters. The third-order valence-electron chi connectivity index (χ3n) is 3.55. The predicted molar refractivity (Wildman–Crippen MR) is 90.1 cm³/mol. The molecule has 1 aliphatic rings. The SMILES string of the molecule is COC(=O)C1=CC(c2nccs2)=NS(=O)(=O)N1CCC(C)(C)OC. The highest BCUT2D eigenvalue weighted by atomic mass is 32.2. The van der Waals surface area contributed by atoms with Crippen molar-refractivity contribution in [2.75, 3.05) is 20.8 Å². The zero-order valence-electron chi connectivity index (χ0n) is 13.8. The van der Waals surface area contributed by atoms with E-state index < -0.39 is 21.8 Å². The monoisotopic (exact) mass is 373 g/mol. The summed E-state index contributed by atoms with van der Waals surface area (Å²) >= 11 is 1.23. The molecule has 0 saturated carbocycles. The fourth-order valence-electron chi connectivity index (χ4n) is 1.95. The van der Waals surface area contributed by atoms with Crippen molar-refractivity contribution in [3.05, 3.63) is 28.4 Å². The minimum absolute atomic E-state index is 0.0404. The molecule has 0 amide bonds. The van der Waals surface area contributed by atoms with E-state index in [9.17, 15) is 13.2 Å². The fraction of sp³-hybridized carbons (Fsp3) is 0.500. The molecule has 24 heavy (non-hydrogen) atoms. The van der Waals surface area contributed by atoms with E-state index in [1.165, 1.54) is 30.7 Å². The summed E-state index contributed by atoms with van der Waals surface area (Å²) in [5.41, 5.74) is -0.520. The molecule has 0 N–H and O–H groups in total. The Morgan fingerprint density at radius 2 is 2.08 bits per heavy atom. The number of methoxy groups -OCH3 is 2. The molecule has 0 bridgehead atoms. The van der Waals surface area contributed by atoms with E-state index in [4.69, 9.17) is 9.47 Å². The molecule has 0 fully saturated rings. The van der Waals surface area contributed by atoms with Gasteiger partial charge in [0.1, 0.15) is 16.4 Å². The maximum atomic E-state index is 12.5. The van der Waals surface area contributed by atoms with Crippen LogP contribution < -0.4 is 0 Å². The normalized spacial score (nSPS) is 17.2. The first kappa shape index (κ1) is 18.6. The summed E-state index contributed by atoms with van der Waals surface area (Å²) in [6.07, 6.45) is 3.29. The van der Waals surface area contributed by atoms with Crippen LogP contribution in [0.5, 0.6) is 0 Å². The minimum Gasteiger partial charge on any atom is -0.464 e. The number of aromatic nitrogens is 1. The Hall–Kier alpha value is -1.78. The summed E-state index contributed by atoms with van der Waals surface area (Å²) in [7, 11) is -1.33. The van der Waals surface area contributed by atoms with Gasteiger partial charge in [0.05, 0.1) is 12.7 Å². The van der Waals surface area contributed by atoms with Gasteiger partial charge in [-0.25, -0.2) is 14.1 Å². The standard InChI is InChI=1S/C14H19N3O5S2/c1-14(2,22-4)5-7-17-11(13(18)21-3)9-10(16-24(17,19)20)12-15-6-8-23-12/h6,8-9H,5,7H2,1-4H3. The molecule has 10 heteroatoms. The summed E-state index contributed by atoms with van der Waals surface area (Å²) in [5.74, 6) is -0.752. The van der Waals surface area contributed by atoms with Crippen molar-refractivity contribution >= 4 is 33.2 Å². The Labute approximate surface area is 145 Å². The average molecular weight is 373 g/mol. The summed E-state index contributed by atoms with van der Waals surface area (Å²) in [6.45, 7) is 3.70. The van der Waals surface area contributed by atoms with Crippen LogP contribution in [0.15, 0.2) is 27.7 Å². The van der Waals surface area contributed by atoms with Crippen molar-refractivity contribution < 1.29 is 22.7 Å². The molecule has 2 rings (SSSR count). The second-order valence-corrected chi connectivity index (χ2v) is 8.01. The lowest BCUT2D eigenvalue weighted by molar-refractivity contribution is -0.137. The Bertz CT molecular complexity index is 766. The number of hydrogen-bond donors (Lipinski definition) is 0. The Kier molecular flexibility index (Phi) is 5.41. The molecule has 2 heterocycles. The third-order valence-corrected chi connectivity index (χ3v) is 5.71. The molecule has 0 unspecified atom stereocenters. The molecule has 1 aliphatic heterocycles. The van der Waals surface area contributed by atoms with E-state index in [0.717, 1.165) is 4.31 Å². The van der Waals surface area contributed by atoms with Gasteiger partial charge in [-0.05, 0) is 26.3 Å². The number of hydrogen-bond acceptors (Lipinski definition) is 7. The smallest absolute Gasteiger partial charge is 0.355 e. The van der Waals surface area contributed by atoms with Gasteiger partial charge in [0.2, 0.25) is 0 Å². The molecule has 8 nitrogen and oxygen atoms in total. The van der Waals surface area contributed by atoms with Crippen molar-refractivity contribution in [1.82, 2.24) is 9.29 Å². The van der Waals surface area contributed by atoms with E-state index in [0.29, 0.717) is 11.4 Å². The van der Waals surface area contributed by atoms with E-state index in [2.05, 4.69) is 9.38 Å². The van der Waals surface area contributed by atoms with Crippen LogP contribution in [-0.4, -0.2) is 55.8 Å². The van der Waals surface area contributed by atoms with Crippen LogP contribution in [-0.2, 0) is 24.5 Å². The van der Waals surface area contributed by atoms with E-state index >= 15 is 0 Å². The van der Waals surface area contributed by atoms with Crippen LogP contribution in [0.1, 0.15) is 25.3 Å². The first-order valence-corrected chi connectivity index (χ1v) is 9.35. The molecule has 0 saturated heterocycles. The van der Waals surface area contributed by atoms with Crippen molar-refractivity contribution in [2.45, 2.75) is 25.9 Å². The maximum absolute atomic E-state index is 12.5. The van der Waals surface area contributed by atoms with Crippen LogP contribution in [0.25, 0.3) is 0 Å². The molecule has 132 valence electrons. The maximum Gasteiger partial charge on any atom is 0.355 e. The summed E-state index contributed by atoms with van der Waals surface area (Å²) in [5, 5.41) is 2.11. The Morgan fingerprint density at radius 3 is 2.62 bits per heavy atom. The van der Waals surface area contributed by atoms with Gasteiger partial charge in [-0.1, -0.05) is 0 Å². The first-order valence-electron chi connectivity index (χ1n) is 7.08. The van der Waals surface area contributed by atoms with E-state index in [1.807, 2.05) is 13.8 Å². The van der Waals surface area contributed by atoms with Crippen molar-refractivity contribution in [3.63, 3.8) is 0 Å². The first-order chi connectivity index (χ1) is 11.2. The third kappa shape index (κ3) is 4.00. The highest BCUT2D eigenvalue weighted by molar-refractivity contribution is 7.88. The molecule has 0 radical (unpaired) electrons. The molecule has 0 aromatic carbocycles. The molecule has 0 aliphatic carbocycles. The van der Waals surface area contributed by atoms with Gasteiger partial charge in [0, 0.05) is 25.2 Å². The zero-order valence-corrected chi connectivity index (χ0v) is 15.5. The number of carbonyl (C=O) groups excluding carboxylic acids is 1. The zero-order chi connectivity index (χ0) is 18.0. The predicted octanol–water partition coefficient (Wildman–Crippen LogP) is 1.36. The van der Waals surface area contributed by atoms with Gasteiger partial charge in [0.25, 0.3) is 0 Å². The van der Waals surface area contributed by atoms with Crippen molar-refractivity contribution in [1.29, 1.82) is 0 Å². The van der Waals surface area contributed by atoms with Crippen molar-refractivity contribution in [2.24, 2.45) is 4.40 Å². The number of nitrogens with zero attached hydrogens (tertiary/aromatic N) is 3. The molecular weight excluding hydrogens is 354 g/mol. The van der Waals surface area contributed by atoms with Crippen LogP contribution in [0.4, 0.5) is 0 Å². The topological polar surface area (TPSA) is 98.2 Å². The summed E-state index contributed by atoms with van der Waals surface area (Å²) in [4.78, 5) is 16.1. The quantitative estimate of drug-likeness (QED) is 0.699. The van der Waals surface area contributed by atoms with Gasteiger partial charge in [-0.15, -0.1) is 15.7 Å². The molecule has 1 aromatic rings. The largest absolute Gasteiger partial charge is 0.464 e. The Balaban J connectivity index is 2.40. The number of ether oxygens (including phenoxy) is 2. The van der Waals surface area contributed by atoms with Gasteiger partial charge in [-0.3, -0.25) is 0 Å². The average Bonchev–Trinajstić information content (AvgIpc) is 3.06. The molecule has 0 spiro atoms. The second kappa shape index (κ2) is 6.99. The number of allylic oxidation sites excluding steroid dienone is 1. The number of thiazole rings is 1. The van der Waals surface area contributed by atoms with Gasteiger partial charge in [-0.2, -0.15) is 8.42 Å². The molecule has 1 aromatic heterocycles. The summed E-state index contributed by atoms with van der Waals surface area (Å²) in [6, 6.07) is 0. The molecular formula is C14H19N3O5S2. The lowest BCUT2D eigenvalue weighted by Gasteiger charge is -2.30. The number of rotatable bonds is 6. The van der Waals surface area contributed by atoms with E-state index in [1.54, 1.807) is 12.5 Å². The van der Waals surface area contributed by atoms with Gasteiger partial charge >= 0.3 is 16.2 Å². The lowest BCUT2D eigenvalue weighted by Crippen LogP contribution is -2.40. The van der Waals surface area contributed by atoms with E-state index in [-0.39, 0.29) is 18.0 Å². The second-order valence-electron chi connectivity index (χ2n) is 5.60. The van der Waals surface area contributed by atoms with Crippen LogP contribution >= 0.6 is 11.3 Å². The van der Waals surface area contributed by atoms with Gasteiger partial charge < -0.3 is 9.47 Å². The van der Waals surface area contributed by atoms with Gasteiger partial charge in [0.15, 0.2) is 0 Å². The van der Waals surface area contributed by atoms with Crippen LogP contribution in [0.2, 0.25) is 0 Å². The fourth-order valence-corrected chi connectivity index (χ4v) is 3.79. The van der Waals surface area contributed by atoms with Crippen LogP contribution in [0.3, 0.4) is 0 Å². The highest BCUT2D eigenvalue weighted by Gasteiger charge is 2.35. The number of carbonyl (C=O) groups is 1. The minimum atomic E-state index is -4.07. The highest BCUT2D eigenvalue weighted by Crippen LogP contribution is 2.25. The number of esters is 1. The summed E-state index contributed by atoms with van der Waals surface area (Å²) < 4.78 is 39.8.